The first-order valence-corrected chi connectivity index (χ1v) is 6.88. The molecule has 0 aliphatic carbocycles. The Bertz CT molecular complexity index is 337. The van der Waals surface area contributed by atoms with E-state index in [-0.39, 0.29) is 6.54 Å². The molecule has 6 heteroatoms. The number of hydrogen-bond donors (Lipinski definition) is 1. The summed E-state index contributed by atoms with van der Waals surface area (Å²) in [7, 11) is 0. The first-order chi connectivity index (χ1) is 9.15. The van der Waals surface area contributed by atoms with Crippen molar-refractivity contribution in [3.05, 3.63) is 18.0 Å². The second-order valence-corrected chi connectivity index (χ2v) is 4.52. The number of halogens is 2. The molecule has 0 radical (unpaired) electrons. The predicted octanol–water partition coefficient (Wildman–Crippen LogP) is 1.97. The normalized spacial score (nSPS) is 11.7. The van der Waals surface area contributed by atoms with Crippen LogP contribution in [0.25, 0.3) is 0 Å². The summed E-state index contributed by atoms with van der Waals surface area (Å²) in [6, 6.07) is 0. The lowest BCUT2D eigenvalue weighted by Gasteiger charge is -2.17. The van der Waals surface area contributed by atoms with Crippen LogP contribution in [-0.2, 0) is 13.1 Å². The summed E-state index contributed by atoms with van der Waals surface area (Å²) in [5.41, 5.74) is 0.948. The topological polar surface area (TPSA) is 33.1 Å². The van der Waals surface area contributed by atoms with Crippen molar-refractivity contribution < 1.29 is 8.78 Å². The van der Waals surface area contributed by atoms with Crippen molar-refractivity contribution in [1.29, 1.82) is 0 Å². The van der Waals surface area contributed by atoms with Gasteiger partial charge in [-0.3, -0.25) is 4.68 Å². The molecule has 0 saturated carbocycles. The van der Waals surface area contributed by atoms with E-state index in [1.54, 1.807) is 12.4 Å². The average Bonchev–Trinajstić information content (AvgIpc) is 2.80. The van der Waals surface area contributed by atoms with E-state index in [1.807, 2.05) is 0 Å². The minimum Gasteiger partial charge on any atom is -0.313 e. The van der Waals surface area contributed by atoms with E-state index in [2.05, 4.69) is 29.2 Å². The van der Waals surface area contributed by atoms with Gasteiger partial charge >= 0.3 is 0 Å². The highest BCUT2D eigenvalue weighted by Crippen LogP contribution is 2.01. The Hall–Kier alpha value is -1.01. The molecule has 1 aromatic heterocycles. The number of hydrogen-bond acceptors (Lipinski definition) is 3. The Morgan fingerprint density at radius 3 is 2.74 bits per heavy atom. The van der Waals surface area contributed by atoms with E-state index in [0.29, 0.717) is 6.54 Å². The van der Waals surface area contributed by atoms with Crippen molar-refractivity contribution in [2.45, 2.75) is 39.8 Å². The van der Waals surface area contributed by atoms with Crippen LogP contribution in [0.2, 0.25) is 0 Å². The summed E-state index contributed by atoms with van der Waals surface area (Å²) in [5, 5.41) is 7.20. The summed E-state index contributed by atoms with van der Waals surface area (Å²) >= 11 is 0. The van der Waals surface area contributed by atoms with Crippen molar-refractivity contribution in [3.8, 4) is 0 Å². The third kappa shape index (κ3) is 6.63. The van der Waals surface area contributed by atoms with E-state index in [0.717, 1.165) is 38.2 Å². The van der Waals surface area contributed by atoms with Crippen LogP contribution in [0, 0.1) is 0 Å². The molecule has 1 rings (SSSR count). The van der Waals surface area contributed by atoms with Crippen molar-refractivity contribution in [3.63, 3.8) is 0 Å². The van der Waals surface area contributed by atoms with E-state index in [1.165, 1.54) is 4.68 Å². The van der Waals surface area contributed by atoms with Gasteiger partial charge in [0, 0.05) is 18.3 Å². The standard InChI is InChI=1S/C13H24F2N4/c1-3-18(4-2)7-5-6-16-8-12-9-17-19(10-12)11-13(14)15/h9-10,13,16H,3-8,11H2,1-2H3. The van der Waals surface area contributed by atoms with Crippen LogP contribution in [0.4, 0.5) is 8.78 Å². The first-order valence-electron chi connectivity index (χ1n) is 6.88. The number of rotatable bonds is 10. The molecule has 0 spiro atoms. The lowest BCUT2D eigenvalue weighted by Crippen LogP contribution is -2.27. The highest BCUT2D eigenvalue weighted by Gasteiger charge is 2.05. The maximum atomic E-state index is 12.1. The van der Waals surface area contributed by atoms with Crippen LogP contribution >= 0.6 is 0 Å². The zero-order chi connectivity index (χ0) is 14.1. The van der Waals surface area contributed by atoms with Crippen molar-refractivity contribution in [2.75, 3.05) is 26.2 Å². The fraction of sp³-hybridized carbons (Fsp3) is 0.769. The van der Waals surface area contributed by atoms with Crippen LogP contribution in [0.15, 0.2) is 12.4 Å². The van der Waals surface area contributed by atoms with Gasteiger partial charge in [-0.25, -0.2) is 8.78 Å². The van der Waals surface area contributed by atoms with E-state index in [9.17, 15) is 8.78 Å². The molecule has 0 atom stereocenters. The molecule has 0 fully saturated rings. The smallest absolute Gasteiger partial charge is 0.257 e. The van der Waals surface area contributed by atoms with Gasteiger partial charge in [0.15, 0.2) is 0 Å². The Balaban J connectivity index is 2.14. The van der Waals surface area contributed by atoms with E-state index in [4.69, 9.17) is 0 Å². The Kier molecular flexibility index (Phi) is 7.59. The fourth-order valence-corrected chi connectivity index (χ4v) is 1.94. The molecule has 0 amide bonds. The fourth-order valence-electron chi connectivity index (χ4n) is 1.94. The van der Waals surface area contributed by atoms with Gasteiger partial charge in [0.2, 0.25) is 0 Å². The summed E-state index contributed by atoms with van der Waals surface area (Å²) in [6.07, 6.45) is 2.05. The molecule has 0 bridgehead atoms. The maximum absolute atomic E-state index is 12.1. The Labute approximate surface area is 113 Å². The van der Waals surface area contributed by atoms with Gasteiger partial charge in [0.25, 0.3) is 6.43 Å². The molecule has 0 unspecified atom stereocenters. The summed E-state index contributed by atoms with van der Waals surface area (Å²) in [5.74, 6) is 0. The molecule has 1 heterocycles. The SMILES string of the molecule is CCN(CC)CCCNCc1cnn(CC(F)F)c1. The van der Waals surface area contributed by atoms with Crippen LogP contribution in [0.5, 0.6) is 0 Å². The van der Waals surface area contributed by atoms with E-state index >= 15 is 0 Å². The van der Waals surface area contributed by atoms with Crippen LogP contribution in [0.1, 0.15) is 25.8 Å². The van der Waals surface area contributed by atoms with Gasteiger partial charge < -0.3 is 10.2 Å². The van der Waals surface area contributed by atoms with Crippen LogP contribution in [0.3, 0.4) is 0 Å². The number of alkyl halides is 2. The molecule has 0 aromatic carbocycles. The van der Waals surface area contributed by atoms with Gasteiger partial charge in [-0.05, 0) is 32.6 Å². The number of nitrogens with one attached hydrogen (secondary N) is 1. The second-order valence-electron chi connectivity index (χ2n) is 4.52. The second kappa shape index (κ2) is 8.98. The van der Waals surface area contributed by atoms with E-state index < -0.39 is 6.43 Å². The monoisotopic (exact) mass is 274 g/mol. The lowest BCUT2D eigenvalue weighted by atomic mass is 10.3. The molecule has 0 aliphatic heterocycles. The molecule has 0 aliphatic rings. The summed E-state index contributed by atoms with van der Waals surface area (Å²) in [4.78, 5) is 2.38. The Morgan fingerprint density at radius 1 is 1.37 bits per heavy atom. The average molecular weight is 274 g/mol. The summed E-state index contributed by atoms with van der Waals surface area (Å²) < 4.78 is 25.6. The minimum absolute atomic E-state index is 0.331. The first kappa shape index (κ1) is 16.0. The lowest BCUT2D eigenvalue weighted by molar-refractivity contribution is 0.122. The van der Waals surface area contributed by atoms with Gasteiger partial charge in [-0.15, -0.1) is 0 Å². The summed E-state index contributed by atoms with van der Waals surface area (Å²) in [6.45, 7) is 8.85. The molecular weight excluding hydrogens is 250 g/mol. The van der Waals surface area contributed by atoms with Crippen molar-refractivity contribution in [2.24, 2.45) is 0 Å². The largest absolute Gasteiger partial charge is 0.313 e. The zero-order valence-corrected chi connectivity index (χ0v) is 11.8. The van der Waals surface area contributed by atoms with Crippen molar-refractivity contribution in [1.82, 2.24) is 20.0 Å². The molecular formula is C13H24F2N4. The zero-order valence-electron chi connectivity index (χ0n) is 11.8. The maximum Gasteiger partial charge on any atom is 0.257 e. The van der Waals surface area contributed by atoms with Gasteiger partial charge in [0.1, 0.15) is 6.54 Å². The minimum atomic E-state index is -2.35. The highest BCUT2D eigenvalue weighted by atomic mass is 19.3. The number of aromatic nitrogens is 2. The van der Waals surface area contributed by atoms with Crippen LogP contribution in [-0.4, -0.2) is 47.3 Å². The van der Waals surface area contributed by atoms with Crippen molar-refractivity contribution >= 4 is 0 Å². The third-order valence-electron chi connectivity index (χ3n) is 3.06. The molecule has 19 heavy (non-hydrogen) atoms. The van der Waals surface area contributed by atoms with Crippen LogP contribution < -0.4 is 5.32 Å². The molecule has 1 N–H and O–H groups in total. The van der Waals surface area contributed by atoms with Gasteiger partial charge in [-0.1, -0.05) is 13.8 Å². The van der Waals surface area contributed by atoms with Gasteiger partial charge in [-0.2, -0.15) is 5.10 Å². The van der Waals surface area contributed by atoms with Gasteiger partial charge in [0.05, 0.1) is 6.20 Å². The number of nitrogens with zero attached hydrogens (tertiary/aromatic N) is 3. The molecule has 0 saturated heterocycles. The third-order valence-corrected chi connectivity index (χ3v) is 3.06. The molecule has 110 valence electrons. The quantitative estimate of drug-likeness (QED) is 0.662. The Morgan fingerprint density at radius 2 is 2.11 bits per heavy atom. The predicted molar refractivity (Wildman–Crippen MR) is 72.3 cm³/mol. The molecule has 1 aromatic rings. The molecule has 4 nitrogen and oxygen atoms in total. The highest BCUT2D eigenvalue weighted by molar-refractivity contribution is 5.03.